The molecule has 1 saturated carbocycles. The maximum atomic E-state index is 2.85. The summed E-state index contributed by atoms with van der Waals surface area (Å²) in [6, 6.07) is 61.9. The molecule has 71 heavy (non-hydrogen) atoms. The van der Waals surface area contributed by atoms with E-state index in [1.165, 1.54) is 55.8 Å². The summed E-state index contributed by atoms with van der Waals surface area (Å²) in [7, 11) is 0. The topological polar surface area (TPSA) is 0 Å². The first kappa shape index (κ1) is 50.2. The van der Waals surface area contributed by atoms with Gasteiger partial charge in [-0.1, -0.05) is 0 Å². The first-order chi connectivity index (χ1) is 33.2. The molecule has 1 fully saturated rings. The fourth-order valence-electron chi connectivity index (χ4n) is 15.8. The Morgan fingerprint density at radius 1 is 0.606 bits per heavy atom. The molecule has 0 aliphatic heterocycles. The van der Waals surface area contributed by atoms with E-state index in [1.807, 2.05) is 5.57 Å². The second kappa shape index (κ2) is 18.0. The molecule has 358 valence electrons. The Morgan fingerprint density at radius 3 is 1.82 bits per heavy atom. The number of fused-ring (bicyclic) bond motifs is 9. The van der Waals surface area contributed by atoms with Crippen molar-refractivity contribution in [2.45, 2.75) is 103 Å². The summed E-state index contributed by atoms with van der Waals surface area (Å²) in [6.07, 6.45) is 13.5. The van der Waals surface area contributed by atoms with E-state index in [0.717, 1.165) is 25.7 Å². The molecule has 0 radical (unpaired) electrons. The van der Waals surface area contributed by atoms with Gasteiger partial charge in [-0.2, -0.15) is 0 Å². The molecule has 0 bridgehead atoms. The van der Waals surface area contributed by atoms with Gasteiger partial charge in [0.2, 0.25) is 0 Å². The third kappa shape index (κ3) is 6.68. The number of halogens is 2. The molecule has 0 nitrogen and oxygen atoms in total. The Bertz CT molecular complexity index is 3280. The van der Waals surface area contributed by atoms with Crippen LogP contribution in [0.5, 0.6) is 0 Å². The molecule has 7 aromatic rings. The van der Waals surface area contributed by atoms with Crippen molar-refractivity contribution in [2.75, 3.05) is 0 Å². The second-order valence-electron chi connectivity index (χ2n) is 23.4. The van der Waals surface area contributed by atoms with Crippen LogP contribution in [0, 0.1) is 27.1 Å². The zero-order valence-electron chi connectivity index (χ0n) is 43.2. The molecule has 7 aromatic carbocycles. The van der Waals surface area contributed by atoms with Crippen LogP contribution in [0.3, 0.4) is 0 Å². The van der Waals surface area contributed by atoms with E-state index < -0.39 is 28.3 Å². The SMILES string of the molecule is CCCC1=Cc2c(-c3c4ccccc4cc4ccccc34)cccc2C1[C]1([Zr+2][SiH](c2ccccc2)c2ccccc2)C2=C3Cc4ccccc4C3=C3C=CCCC3(C)C2(C)C(C)(C)C(C)(C)C1(C)C.[Cl-].[Cl-]. The molecule has 4 atom stereocenters. The molecule has 0 saturated heterocycles. The van der Waals surface area contributed by atoms with Crippen LogP contribution >= 0.6 is 0 Å². The van der Waals surface area contributed by atoms with Gasteiger partial charge in [0.25, 0.3) is 0 Å². The van der Waals surface area contributed by atoms with Crippen LogP contribution in [0.15, 0.2) is 192 Å². The summed E-state index contributed by atoms with van der Waals surface area (Å²) in [5, 5.41) is 8.58. The molecule has 4 heteroatoms. The van der Waals surface area contributed by atoms with Crippen LogP contribution in [0.25, 0.3) is 44.3 Å². The van der Waals surface area contributed by atoms with Crippen LogP contribution in [0.2, 0.25) is 3.12 Å². The zero-order valence-corrected chi connectivity index (χ0v) is 48.3. The predicted molar refractivity (Wildman–Crippen MR) is 295 cm³/mol. The molecule has 0 aromatic heterocycles. The largest absolute Gasteiger partial charge is 1.00 e. The van der Waals surface area contributed by atoms with Gasteiger partial charge < -0.3 is 24.8 Å². The number of allylic oxidation sites excluding steroid dienone is 7. The van der Waals surface area contributed by atoms with Crippen molar-refractivity contribution in [3.63, 3.8) is 0 Å². The predicted octanol–water partition coefficient (Wildman–Crippen LogP) is 10.5. The third-order valence-electron chi connectivity index (χ3n) is 20.4. The minimum Gasteiger partial charge on any atom is -1.00 e. The van der Waals surface area contributed by atoms with Crippen LogP contribution < -0.4 is 35.2 Å². The van der Waals surface area contributed by atoms with Gasteiger partial charge in [0.15, 0.2) is 0 Å². The van der Waals surface area contributed by atoms with Gasteiger partial charge >= 0.3 is 428 Å². The third-order valence-corrected chi connectivity index (χ3v) is 36.5. The maximum Gasteiger partial charge on any atom is -1.00 e. The fraction of sp³-hybridized carbons (Fsp3) is 0.313. The Kier molecular flexibility index (Phi) is 12.7. The maximum absolute atomic E-state index is 2.85. The van der Waals surface area contributed by atoms with Gasteiger partial charge in [0, 0.05) is 0 Å². The van der Waals surface area contributed by atoms with E-state index in [1.54, 1.807) is 38.2 Å². The van der Waals surface area contributed by atoms with Gasteiger partial charge in [0.05, 0.1) is 0 Å². The van der Waals surface area contributed by atoms with Crippen molar-refractivity contribution < 1.29 is 47.2 Å². The van der Waals surface area contributed by atoms with Crippen LogP contribution in [-0.4, -0.2) is 5.92 Å². The van der Waals surface area contributed by atoms with Crippen molar-refractivity contribution in [1.82, 2.24) is 0 Å². The number of hydrogen-bond acceptors (Lipinski definition) is 0. The van der Waals surface area contributed by atoms with Gasteiger partial charge in [-0.25, -0.2) is 0 Å². The molecule has 0 heterocycles. The van der Waals surface area contributed by atoms with Crippen molar-refractivity contribution in [3.8, 4) is 11.1 Å². The molecule has 5 aliphatic rings. The Hall–Kier alpha value is -4.30. The number of rotatable bonds is 8. The van der Waals surface area contributed by atoms with E-state index >= 15 is 0 Å². The molecular weight excluding hydrogens is 995 g/mol. The normalized spacial score (nSPS) is 25.0. The van der Waals surface area contributed by atoms with Gasteiger partial charge in [-0.3, -0.25) is 0 Å². The molecule has 0 amide bonds. The van der Waals surface area contributed by atoms with Crippen molar-refractivity contribution >= 4 is 49.5 Å². The van der Waals surface area contributed by atoms with Crippen molar-refractivity contribution in [2.24, 2.45) is 27.1 Å². The van der Waals surface area contributed by atoms with E-state index in [2.05, 4.69) is 238 Å². The van der Waals surface area contributed by atoms with E-state index in [0.29, 0.717) is 0 Å². The standard InChI is InChI=1S/C55H57.C12H11Si.2ClH.Zr/c1-10-20-37-33-43-41(27-19-28-42(43)47-38-24-14-11-21-34(38)31-35-22-12-15-25-39(35)47)46(37)50-49-44-32-36-23-13-16-26-40(36)48(44)45-29-17-18-30-54(45,8)55(49,9)53(6,7)52(4,5)51(50,2)3;1-3-7-11(8-4-1)13-12-9-5-2-6-10-12;;;/h11-17,19,21-29,31,33,46H,10,18,20,30,32H2,1-9H3;1-10,13H;2*1H;/q;;;;+2/p-2. The minimum atomic E-state index is -1.82. The van der Waals surface area contributed by atoms with Gasteiger partial charge in [-0.05, 0) is 0 Å². The minimum absolute atomic E-state index is 0. The summed E-state index contributed by atoms with van der Waals surface area (Å²) in [5.74, 6) is -1.57. The summed E-state index contributed by atoms with van der Waals surface area (Å²) in [4.78, 5) is 0. The van der Waals surface area contributed by atoms with Crippen LogP contribution in [0.4, 0.5) is 0 Å². The summed E-state index contributed by atoms with van der Waals surface area (Å²) < 4.78 is -0.114. The second-order valence-corrected chi connectivity index (χ2v) is 34.2. The number of hydrogen-bond donors (Lipinski definition) is 0. The summed E-state index contributed by atoms with van der Waals surface area (Å²) in [6.45, 7) is 24.6. The smallest absolute Gasteiger partial charge is 1.00 e. The Morgan fingerprint density at radius 2 is 1.18 bits per heavy atom. The molecule has 0 N–H and O–H groups in total. The quantitative estimate of drug-likeness (QED) is 0.105. The molecule has 0 spiro atoms. The molecule has 12 rings (SSSR count). The average Bonchev–Trinajstić information content (AvgIpc) is 3.93. The van der Waals surface area contributed by atoms with E-state index in [-0.39, 0.29) is 60.9 Å². The number of benzene rings is 7. The monoisotopic (exact) mass is 1060 g/mol. The molecular formula is C67H68Cl2SiZr. The van der Waals surface area contributed by atoms with E-state index in [9.17, 15) is 0 Å². The van der Waals surface area contributed by atoms with Gasteiger partial charge in [0.1, 0.15) is 0 Å². The van der Waals surface area contributed by atoms with Crippen molar-refractivity contribution in [3.05, 3.63) is 214 Å². The van der Waals surface area contributed by atoms with Gasteiger partial charge in [-0.15, -0.1) is 0 Å². The molecule has 4 unspecified atom stereocenters. The van der Waals surface area contributed by atoms with Crippen molar-refractivity contribution in [1.29, 1.82) is 0 Å². The van der Waals surface area contributed by atoms with E-state index in [4.69, 9.17) is 0 Å². The average molecular weight is 1060 g/mol. The van der Waals surface area contributed by atoms with Crippen LogP contribution in [0.1, 0.15) is 116 Å². The summed E-state index contributed by atoms with van der Waals surface area (Å²) >= 11 is -1.59. The first-order valence-corrected chi connectivity index (χ1v) is 33.3. The zero-order chi connectivity index (χ0) is 47.7. The first-order valence-electron chi connectivity index (χ1n) is 26.1. The molecule has 5 aliphatic carbocycles. The fourth-order valence-corrected chi connectivity index (χ4v) is 35.1. The van der Waals surface area contributed by atoms with Crippen LogP contribution in [-0.2, 0) is 28.8 Å². The Labute approximate surface area is 449 Å². The Balaban J connectivity index is 0.00000291. The summed E-state index contributed by atoms with van der Waals surface area (Å²) in [5.41, 5.74) is 16.9.